The molecule has 0 bridgehead atoms. The van der Waals surface area contributed by atoms with E-state index >= 15 is 0 Å². The van der Waals surface area contributed by atoms with E-state index in [0.717, 1.165) is 24.8 Å². The van der Waals surface area contributed by atoms with E-state index in [1.807, 2.05) is 0 Å². The Morgan fingerprint density at radius 1 is 1.18 bits per heavy atom. The fourth-order valence-electron chi connectivity index (χ4n) is 3.90. The lowest BCUT2D eigenvalue weighted by atomic mass is 9.71. The van der Waals surface area contributed by atoms with Crippen molar-refractivity contribution in [1.82, 2.24) is 16.0 Å². The fourth-order valence-corrected chi connectivity index (χ4v) is 3.90. The van der Waals surface area contributed by atoms with Crippen molar-refractivity contribution < 1.29 is 27.5 Å². The molecule has 0 aromatic heterocycles. The Morgan fingerprint density at radius 3 is 2.39 bits per heavy atom. The van der Waals surface area contributed by atoms with Crippen LogP contribution in [-0.4, -0.2) is 30.4 Å². The van der Waals surface area contributed by atoms with Crippen molar-refractivity contribution in [3.05, 3.63) is 29.8 Å². The summed E-state index contributed by atoms with van der Waals surface area (Å²) in [6, 6.07) is 5.00. The van der Waals surface area contributed by atoms with Crippen LogP contribution >= 0.6 is 0 Å². The van der Waals surface area contributed by atoms with Gasteiger partial charge >= 0.3 is 6.36 Å². The first-order valence-corrected chi connectivity index (χ1v) is 9.48. The first-order valence-electron chi connectivity index (χ1n) is 9.48. The van der Waals surface area contributed by atoms with Crippen LogP contribution in [0.25, 0.3) is 0 Å². The number of carbonyl (C=O) groups is 2. The first kappa shape index (κ1) is 19.0. The van der Waals surface area contributed by atoms with Crippen molar-refractivity contribution in [2.45, 2.75) is 62.6 Å². The number of benzene rings is 1. The molecule has 3 fully saturated rings. The standard InChI is InChI=1S/C19H22F3N3O3/c20-19(21,22)28-13-6-4-12(5-7-13)18(8-1-9-18)25-17(27)14-10-15(26)24-16(23-14)11-2-3-11/h4-7,11,14,16,23H,1-3,8-10H2,(H,24,26)(H,25,27). The lowest BCUT2D eigenvalue weighted by Gasteiger charge is -2.44. The molecule has 28 heavy (non-hydrogen) atoms. The zero-order valence-electron chi connectivity index (χ0n) is 15.1. The van der Waals surface area contributed by atoms with Gasteiger partial charge in [0.05, 0.1) is 24.2 Å². The average Bonchev–Trinajstić information content (AvgIpc) is 3.42. The number of hydrogen-bond acceptors (Lipinski definition) is 4. The molecule has 3 aliphatic rings. The second-order valence-corrected chi connectivity index (χ2v) is 7.80. The van der Waals surface area contributed by atoms with Crippen molar-refractivity contribution in [3.8, 4) is 5.75 Å². The van der Waals surface area contributed by atoms with E-state index in [0.29, 0.717) is 18.8 Å². The predicted octanol–water partition coefficient (Wildman–Crippen LogP) is 2.29. The molecule has 9 heteroatoms. The molecule has 2 unspecified atom stereocenters. The molecule has 1 saturated heterocycles. The largest absolute Gasteiger partial charge is 0.573 e. The van der Waals surface area contributed by atoms with Gasteiger partial charge in [-0.15, -0.1) is 13.2 Å². The van der Waals surface area contributed by atoms with Crippen molar-refractivity contribution in [2.75, 3.05) is 0 Å². The Balaban J connectivity index is 1.44. The zero-order chi connectivity index (χ0) is 19.9. The lowest BCUT2D eigenvalue weighted by molar-refractivity contribution is -0.274. The Bertz CT molecular complexity index is 758. The van der Waals surface area contributed by atoms with E-state index in [1.165, 1.54) is 12.1 Å². The molecule has 1 aromatic carbocycles. The van der Waals surface area contributed by atoms with E-state index in [9.17, 15) is 22.8 Å². The summed E-state index contributed by atoms with van der Waals surface area (Å²) >= 11 is 0. The maximum absolute atomic E-state index is 12.8. The lowest BCUT2D eigenvalue weighted by Crippen LogP contribution is -2.64. The molecule has 2 amide bonds. The summed E-state index contributed by atoms with van der Waals surface area (Å²) in [5.74, 6) is -0.323. The number of amides is 2. The van der Waals surface area contributed by atoms with Crippen LogP contribution in [0.3, 0.4) is 0 Å². The van der Waals surface area contributed by atoms with E-state index in [-0.39, 0.29) is 30.2 Å². The summed E-state index contributed by atoms with van der Waals surface area (Å²) < 4.78 is 40.9. The number of rotatable bonds is 5. The van der Waals surface area contributed by atoms with Crippen LogP contribution in [0.1, 0.15) is 44.1 Å². The van der Waals surface area contributed by atoms with Crippen LogP contribution in [0.2, 0.25) is 0 Å². The Morgan fingerprint density at radius 2 is 1.86 bits per heavy atom. The van der Waals surface area contributed by atoms with Gasteiger partial charge in [0.15, 0.2) is 0 Å². The number of ether oxygens (including phenoxy) is 1. The molecule has 1 aromatic rings. The summed E-state index contributed by atoms with van der Waals surface area (Å²) in [5, 5.41) is 9.13. The predicted molar refractivity (Wildman–Crippen MR) is 93.0 cm³/mol. The van der Waals surface area contributed by atoms with Crippen molar-refractivity contribution in [2.24, 2.45) is 5.92 Å². The van der Waals surface area contributed by atoms with Gasteiger partial charge in [0.1, 0.15) is 5.75 Å². The number of hydrogen-bond donors (Lipinski definition) is 3. The quantitative estimate of drug-likeness (QED) is 0.712. The van der Waals surface area contributed by atoms with Crippen LogP contribution < -0.4 is 20.7 Å². The molecule has 1 heterocycles. The van der Waals surface area contributed by atoms with E-state index < -0.39 is 17.9 Å². The van der Waals surface area contributed by atoms with Gasteiger partial charge in [0.2, 0.25) is 11.8 Å². The summed E-state index contributed by atoms with van der Waals surface area (Å²) in [6.45, 7) is 0. The van der Waals surface area contributed by atoms with Gasteiger partial charge in [-0.2, -0.15) is 0 Å². The minimum atomic E-state index is -4.74. The summed E-state index contributed by atoms with van der Waals surface area (Å²) in [5.41, 5.74) is 0.124. The highest BCUT2D eigenvalue weighted by molar-refractivity contribution is 5.90. The maximum Gasteiger partial charge on any atom is 0.573 e. The monoisotopic (exact) mass is 397 g/mol. The third-order valence-electron chi connectivity index (χ3n) is 5.71. The molecule has 6 nitrogen and oxygen atoms in total. The Labute approximate surface area is 160 Å². The van der Waals surface area contributed by atoms with Crippen LogP contribution in [0.15, 0.2) is 24.3 Å². The van der Waals surface area contributed by atoms with E-state index in [4.69, 9.17) is 0 Å². The highest BCUT2D eigenvalue weighted by Gasteiger charge is 2.44. The highest BCUT2D eigenvalue weighted by Crippen LogP contribution is 2.42. The molecule has 3 N–H and O–H groups in total. The second kappa shape index (κ2) is 6.95. The molecular weight excluding hydrogens is 375 g/mol. The van der Waals surface area contributed by atoms with Crippen molar-refractivity contribution >= 4 is 11.8 Å². The first-order chi connectivity index (χ1) is 13.2. The summed E-state index contributed by atoms with van der Waals surface area (Å²) in [4.78, 5) is 24.8. The molecule has 4 rings (SSSR count). The minimum absolute atomic E-state index is 0.0729. The molecule has 152 valence electrons. The molecule has 0 spiro atoms. The molecule has 2 saturated carbocycles. The summed E-state index contributed by atoms with van der Waals surface area (Å²) in [7, 11) is 0. The van der Waals surface area contributed by atoms with Gasteiger partial charge in [-0.3, -0.25) is 14.9 Å². The van der Waals surface area contributed by atoms with E-state index in [2.05, 4.69) is 20.7 Å². The number of alkyl halides is 3. The van der Waals surface area contributed by atoms with E-state index in [1.54, 1.807) is 12.1 Å². The van der Waals surface area contributed by atoms with Gasteiger partial charge in [0.25, 0.3) is 0 Å². The van der Waals surface area contributed by atoms with Gasteiger partial charge in [-0.05, 0) is 55.7 Å². The number of nitrogens with one attached hydrogen (secondary N) is 3. The van der Waals surface area contributed by atoms with Gasteiger partial charge in [-0.25, -0.2) is 0 Å². The second-order valence-electron chi connectivity index (χ2n) is 7.80. The molecule has 2 atom stereocenters. The van der Waals surface area contributed by atoms with Gasteiger partial charge in [-0.1, -0.05) is 12.1 Å². The third-order valence-corrected chi connectivity index (χ3v) is 5.71. The molecular formula is C19H22F3N3O3. The normalized spacial score (nSPS) is 26.8. The van der Waals surface area contributed by atoms with Gasteiger partial charge in [0, 0.05) is 0 Å². The van der Waals surface area contributed by atoms with Crippen LogP contribution in [-0.2, 0) is 15.1 Å². The van der Waals surface area contributed by atoms with Crippen LogP contribution in [0.4, 0.5) is 13.2 Å². The minimum Gasteiger partial charge on any atom is -0.406 e. The number of carbonyl (C=O) groups excluding carboxylic acids is 2. The zero-order valence-corrected chi connectivity index (χ0v) is 15.1. The highest BCUT2D eigenvalue weighted by atomic mass is 19.4. The van der Waals surface area contributed by atoms with Crippen molar-refractivity contribution in [3.63, 3.8) is 0 Å². The van der Waals surface area contributed by atoms with Crippen LogP contribution in [0.5, 0.6) is 5.75 Å². The average molecular weight is 397 g/mol. The van der Waals surface area contributed by atoms with Crippen LogP contribution in [0, 0.1) is 5.92 Å². The SMILES string of the molecule is O=C1CC(C(=O)NC2(c3ccc(OC(F)(F)F)cc3)CCC2)NC(C2CC2)N1. The smallest absolute Gasteiger partial charge is 0.406 e. The number of halogens is 3. The van der Waals surface area contributed by atoms with Gasteiger partial charge < -0.3 is 15.4 Å². The van der Waals surface area contributed by atoms with Crippen molar-refractivity contribution in [1.29, 1.82) is 0 Å². The molecule has 0 radical (unpaired) electrons. The topological polar surface area (TPSA) is 79.5 Å². The maximum atomic E-state index is 12.8. The third kappa shape index (κ3) is 4.09. The Hall–Kier alpha value is -2.29. The molecule has 2 aliphatic carbocycles. The summed E-state index contributed by atoms with van der Waals surface area (Å²) in [6.07, 6.45) is -0.478. The fraction of sp³-hybridized carbons (Fsp3) is 0.579. The Kier molecular flexibility index (Phi) is 4.73. The molecule has 1 aliphatic heterocycles.